The van der Waals surface area contributed by atoms with Crippen LogP contribution in [0.5, 0.6) is 5.88 Å². The van der Waals surface area contributed by atoms with Gasteiger partial charge in [0.2, 0.25) is 11.8 Å². The highest BCUT2D eigenvalue weighted by Gasteiger charge is 2.12. The van der Waals surface area contributed by atoms with Crippen molar-refractivity contribution in [3.05, 3.63) is 12.1 Å². The predicted molar refractivity (Wildman–Crippen MR) is 68.2 cm³/mol. The van der Waals surface area contributed by atoms with Crippen LogP contribution in [0, 0.1) is 0 Å². The lowest BCUT2D eigenvalue weighted by Gasteiger charge is -2.05. The third kappa shape index (κ3) is 2.53. The van der Waals surface area contributed by atoms with E-state index in [2.05, 4.69) is 9.97 Å². The molecule has 0 saturated heterocycles. The first-order chi connectivity index (χ1) is 8.40. The summed E-state index contributed by atoms with van der Waals surface area (Å²) < 4.78 is 28.9. The lowest BCUT2D eigenvalue weighted by Crippen LogP contribution is -2.13. The number of sulfone groups is 1. The minimum atomic E-state index is -3.06. The Morgan fingerprint density at radius 3 is 2.72 bits per heavy atom. The molecular formula is C10H14N4O3S. The van der Waals surface area contributed by atoms with Crippen LogP contribution in [-0.2, 0) is 16.4 Å². The fourth-order valence-electron chi connectivity index (χ4n) is 1.59. The van der Waals surface area contributed by atoms with Crippen molar-refractivity contribution in [2.75, 3.05) is 24.9 Å². The quantitative estimate of drug-likeness (QED) is 0.843. The van der Waals surface area contributed by atoms with Gasteiger partial charge in [0.15, 0.2) is 5.65 Å². The number of methoxy groups -OCH3 is 1. The fourth-order valence-corrected chi connectivity index (χ4v) is 2.11. The highest BCUT2D eigenvalue weighted by molar-refractivity contribution is 7.90. The van der Waals surface area contributed by atoms with E-state index in [-0.39, 0.29) is 18.2 Å². The van der Waals surface area contributed by atoms with Gasteiger partial charge < -0.3 is 10.5 Å². The summed E-state index contributed by atoms with van der Waals surface area (Å²) in [5.41, 5.74) is 6.89. The Labute approximate surface area is 105 Å². The number of nitrogens with zero attached hydrogens (tertiary/aromatic N) is 3. The number of nitrogen functional groups attached to an aromatic ring is 1. The molecule has 0 spiro atoms. The minimum Gasteiger partial charge on any atom is -0.481 e. The van der Waals surface area contributed by atoms with Crippen LogP contribution in [-0.4, -0.2) is 42.1 Å². The van der Waals surface area contributed by atoms with E-state index in [0.717, 1.165) is 0 Å². The first-order valence-electron chi connectivity index (χ1n) is 5.25. The molecule has 7 nitrogen and oxygen atoms in total. The van der Waals surface area contributed by atoms with Gasteiger partial charge >= 0.3 is 0 Å². The molecule has 0 aliphatic heterocycles. The van der Waals surface area contributed by atoms with Crippen molar-refractivity contribution in [3.63, 3.8) is 0 Å². The lowest BCUT2D eigenvalue weighted by molar-refractivity contribution is 0.399. The first kappa shape index (κ1) is 12.6. The fraction of sp³-hybridized carbons (Fsp3) is 0.400. The van der Waals surface area contributed by atoms with Crippen molar-refractivity contribution < 1.29 is 13.2 Å². The number of aryl methyl sites for hydroxylation is 1. The molecule has 0 aromatic carbocycles. The number of fused-ring (bicyclic) bond motifs is 1. The number of imidazole rings is 1. The zero-order valence-corrected chi connectivity index (χ0v) is 10.9. The Bertz CT molecular complexity index is 678. The van der Waals surface area contributed by atoms with Crippen molar-refractivity contribution in [2.24, 2.45) is 0 Å². The molecule has 0 fully saturated rings. The summed E-state index contributed by atoms with van der Waals surface area (Å²) in [5, 5.41) is 0. The Balaban J connectivity index is 2.45. The molecule has 2 aromatic heterocycles. The van der Waals surface area contributed by atoms with Gasteiger partial charge in [-0.25, -0.2) is 13.4 Å². The standard InChI is InChI=1S/C10H14N4O3S/c1-17-8-4-3-7-9(13-8)14(10(11)12-7)5-6-18(2,15)16/h3-4H,5-6H2,1-2H3,(H2,11,12). The highest BCUT2D eigenvalue weighted by atomic mass is 32.2. The van der Waals surface area contributed by atoms with Crippen LogP contribution in [0.1, 0.15) is 0 Å². The molecule has 0 aliphatic carbocycles. The van der Waals surface area contributed by atoms with Crippen LogP contribution in [0.2, 0.25) is 0 Å². The molecule has 0 aliphatic rings. The van der Waals surface area contributed by atoms with Gasteiger partial charge in [-0.3, -0.25) is 4.57 Å². The van der Waals surface area contributed by atoms with Gasteiger partial charge in [-0.1, -0.05) is 0 Å². The van der Waals surface area contributed by atoms with Crippen LogP contribution in [0.3, 0.4) is 0 Å². The predicted octanol–water partition coefficient (Wildman–Crippen LogP) is 0.0667. The first-order valence-corrected chi connectivity index (χ1v) is 7.31. The molecule has 0 unspecified atom stereocenters. The average molecular weight is 270 g/mol. The molecule has 0 saturated carbocycles. The normalized spacial score (nSPS) is 11.9. The van der Waals surface area contributed by atoms with E-state index < -0.39 is 9.84 Å². The maximum absolute atomic E-state index is 11.2. The van der Waals surface area contributed by atoms with Crippen molar-refractivity contribution in [2.45, 2.75) is 6.54 Å². The van der Waals surface area contributed by atoms with E-state index in [0.29, 0.717) is 17.0 Å². The number of hydrogen-bond donors (Lipinski definition) is 1. The Morgan fingerprint density at radius 2 is 2.11 bits per heavy atom. The van der Waals surface area contributed by atoms with E-state index >= 15 is 0 Å². The number of ether oxygens (including phenoxy) is 1. The molecule has 0 amide bonds. The molecule has 18 heavy (non-hydrogen) atoms. The van der Waals surface area contributed by atoms with Gasteiger partial charge in [0.1, 0.15) is 15.4 Å². The maximum Gasteiger partial charge on any atom is 0.215 e. The molecule has 2 N–H and O–H groups in total. The summed E-state index contributed by atoms with van der Waals surface area (Å²) in [4.78, 5) is 8.34. The average Bonchev–Trinajstić information content (AvgIpc) is 2.60. The van der Waals surface area contributed by atoms with Crippen molar-refractivity contribution in [3.8, 4) is 5.88 Å². The number of pyridine rings is 1. The molecule has 0 atom stereocenters. The monoisotopic (exact) mass is 270 g/mol. The third-order valence-electron chi connectivity index (χ3n) is 2.49. The second-order valence-electron chi connectivity index (χ2n) is 3.95. The number of rotatable bonds is 4. The summed E-state index contributed by atoms with van der Waals surface area (Å²) in [6.45, 7) is 0.224. The molecule has 0 bridgehead atoms. The van der Waals surface area contributed by atoms with E-state index in [4.69, 9.17) is 10.5 Å². The van der Waals surface area contributed by atoms with Gasteiger partial charge in [-0.2, -0.15) is 4.98 Å². The van der Waals surface area contributed by atoms with Crippen molar-refractivity contribution in [1.82, 2.24) is 14.5 Å². The second-order valence-corrected chi connectivity index (χ2v) is 6.21. The Morgan fingerprint density at radius 1 is 1.39 bits per heavy atom. The second kappa shape index (κ2) is 4.45. The summed E-state index contributed by atoms with van der Waals surface area (Å²) in [7, 11) is -1.56. The smallest absolute Gasteiger partial charge is 0.215 e. The minimum absolute atomic E-state index is 0.0124. The summed E-state index contributed by atoms with van der Waals surface area (Å²) >= 11 is 0. The van der Waals surface area contributed by atoms with Crippen LogP contribution in [0.25, 0.3) is 11.2 Å². The summed E-state index contributed by atoms with van der Waals surface area (Å²) in [6.07, 6.45) is 1.18. The zero-order valence-electron chi connectivity index (χ0n) is 10.1. The third-order valence-corrected chi connectivity index (χ3v) is 3.42. The summed E-state index contributed by atoms with van der Waals surface area (Å²) in [6, 6.07) is 3.41. The van der Waals surface area contributed by atoms with Crippen LogP contribution in [0.4, 0.5) is 5.95 Å². The Hall–Kier alpha value is -1.83. The molecular weight excluding hydrogens is 256 g/mol. The Kier molecular flexibility index (Phi) is 3.12. The van der Waals surface area contributed by atoms with Gasteiger partial charge in [-0.05, 0) is 6.07 Å². The van der Waals surface area contributed by atoms with Gasteiger partial charge in [-0.15, -0.1) is 0 Å². The summed E-state index contributed by atoms with van der Waals surface area (Å²) in [5.74, 6) is 0.666. The molecule has 2 rings (SSSR count). The SMILES string of the molecule is COc1ccc2nc(N)n(CCS(C)(=O)=O)c2n1. The van der Waals surface area contributed by atoms with E-state index in [9.17, 15) is 8.42 Å². The topological polar surface area (TPSA) is 100 Å². The maximum atomic E-state index is 11.2. The van der Waals surface area contributed by atoms with Gasteiger partial charge in [0.05, 0.1) is 12.9 Å². The van der Waals surface area contributed by atoms with E-state index in [1.165, 1.54) is 13.4 Å². The highest BCUT2D eigenvalue weighted by Crippen LogP contribution is 2.19. The molecule has 2 heterocycles. The number of nitrogens with two attached hydrogens (primary N) is 1. The number of anilines is 1. The van der Waals surface area contributed by atoms with Crippen molar-refractivity contribution in [1.29, 1.82) is 0 Å². The molecule has 8 heteroatoms. The van der Waals surface area contributed by atoms with Crippen LogP contribution < -0.4 is 10.5 Å². The van der Waals surface area contributed by atoms with E-state index in [1.807, 2.05) is 0 Å². The molecule has 0 radical (unpaired) electrons. The largest absolute Gasteiger partial charge is 0.481 e. The van der Waals surface area contributed by atoms with Crippen LogP contribution in [0.15, 0.2) is 12.1 Å². The molecule has 98 valence electrons. The number of hydrogen-bond acceptors (Lipinski definition) is 6. The van der Waals surface area contributed by atoms with Crippen LogP contribution >= 0.6 is 0 Å². The molecule has 2 aromatic rings. The lowest BCUT2D eigenvalue weighted by atomic mass is 10.4. The van der Waals surface area contributed by atoms with E-state index in [1.54, 1.807) is 16.7 Å². The van der Waals surface area contributed by atoms with Gasteiger partial charge in [0, 0.05) is 18.9 Å². The van der Waals surface area contributed by atoms with Crippen molar-refractivity contribution >= 4 is 26.9 Å². The van der Waals surface area contributed by atoms with Gasteiger partial charge in [0.25, 0.3) is 0 Å². The number of aromatic nitrogens is 3. The zero-order chi connectivity index (χ0) is 13.3.